The van der Waals surface area contributed by atoms with Crippen LogP contribution in [0.5, 0.6) is 5.75 Å². The summed E-state index contributed by atoms with van der Waals surface area (Å²) < 4.78 is 15.5. The number of methoxy groups -OCH3 is 2. The summed E-state index contributed by atoms with van der Waals surface area (Å²) >= 11 is 2.07. The van der Waals surface area contributed by atoms with Gasteiger partial charge in [-0.2, -0.15) is 0 Å². The van der Waals surface area contributed by atoms with Crippen LogP contribution in [0.3, 0.4) is 0 Å². The molecule has 0 aromatic heterocycles. The van der Waals surface area contributed by atoms with Crippen molar-refractivity contribution in [3.8, 4) is 5.75 Å². The molecule has 5 nitrogen and oxygen atoms in total. The highest BCUT2D eigenvalue weighted by atomic mass is 127. The van der Waals surface area contributed by atoms with Gasteiger partial charge in [0, 0.05) is 12.5 Å². The number of halogens is 1. The molecule has 0 aliphatic heterocycles. The van der Waals surface area contributed by atoms with Crippen LogP contribution in [0.15, 0.2) is 18.2 Å². The van der Waals surface area contributed by atoms with E-state index in [2.05, 4.69) is 27.3 Å². The second-order valence-electron chi connectivity index (χ2n) is 3.41. The maximum absolute atomic E-state index is 11.6. The summed E-state index contributed by atoms with van der Waals surface area (Å²) in [4.78, 5) is 22.6. The van der Waals surface area contributed by atoms with Crippen molar-refractivity contribution in [3.63, 3.8) is 0 Å². The van der Waals surface area contributed by atoms with Crippen molar-refractivity contribution in [1.82, 2.24) is 0 Å². The second-order valence-corrected chi connectivity index (χ2v) is 4.57. The molecule has 0 fully saturated rings. The van der Waals surface area contributed by atoms with Crippen LogP contribution in [0.2, 0.25) is 0 Å². The molecule has 1 aromatic carbocycles. The van der Waals surface area contributed by atoms with E-state index in [0.717, 1.165) is 3.57 Å². The molecule has 0 heterocycles. The highest BCUT2D eigenvalue weighted by molar-refractivity contribution is 14.1. The Labute approximate surface area is 119 Å². The maximum atomic E-state index is 11.6. The predicted molar refractivity (Wildman–Crippen MR) is 72.2 cm³/mol. The molecule has 98 valence electrons. The fraction of sp³-hybridized carbons (Fsp3) is 0.333. The van der Waals surface area contributed by atoms with Gasteiger partial charge in [0.15, 0.2) is 0 Å². The van der Waals surface area contributed by atoms with Gasteiger partial charge in [-0.25, -0.2) is 4.79 Å². The number of carbonyl (C=O) groups is 2. The molecule has 0 saturated carbocycles. The third kappa shape index (κ3) is 3.59. The number of rotatable bonds is 4. The quantitative estimate of drug-likeness (QED) is 0.605. The van der Waals surface area contributed by atoms with Crippen LogP contribution < -0.4 is 4.74 Å². The molecule has 0 saturated heterocycles. The lowest BCUT2D eigenvalue weighted by Crippen LogP contribution is -2.20. The van der Waals surface area contributed by atoms with Crippen molar-refractivity contribution in [1.29, 1.82) is 0 Å². The van der Waals surface area contributed by atoms with Gasteiger partial charge in [0.2, 0.25) is 6.10 Å². The molecule has 6 heteroatoms. The number of carbonyl (C=O) groups excluding carboxylic acids is 2. The van der Waals surface area contributed by atoms with Crippen LogP contribution in [0.1, 0.15) is 18.6 Å². The molecule has 1 unspecified atom stereocenters. The third-order valence-electron chi connectivity index (χ3n) is 2.18. The standard InChI is InChI=1S/C12H13IO5/c1-7(14)18-11(12(15)17-3)8-4-5-10(16-2)9(13)6-8/h4-6,11H,1-3H3. The Morgan fingerprint density at radius 1 is 1.28 bits per heavy atom. The Balaban J connectivity index is 3.08. The summed E-state index contributed by atoms with van der Waals surface area (Å²) in [6.07, 6.45) is -1.05. The fourth-order valence-corrected chi connectivity index (χ4v) is 2.13. The van der Waals surface area contributed by atoms with E-state index in [1.165, 1.54) is 14.0 Å². The minimum Gasteiger partial charge on any atom is -0.496 e. The van der Waals surface area contributed by atoms with Crippen LogP contribution >= 0.6 is 22.6 Å². The van der Waals surface area contributed by atoms with Crippen molar-refractivity contribution in [2.75, 3.05) is 14.2 Å². The van der Waals surface area contributed by atoms with Gasteiger partial charge >= 0.3 is 11.9 Å². The topological polar surface area (TPSA) is 61.8 Å². The summed E-state index contributed by atoms with van der Waals surface area (Å²) in [6, 6.07) is 5.08. The Bertz CT molecular complexity index is 458. The molecule has 1 rings (SSSR count). The highest BCUT2D eigenvalue weighted by Crippen LogP contribution is 2.27. The molecular formula is C12H13IO5. The first kappa shape index (κ1) is 14.7. The Morgan fingerprint density at radius 2 is 1.94 bits per heavy atom. The Morgan fingerprint density at radius 3 is 2.39 bits per heavy atom. The van der Waals surface area contributed by atoms with Crippen LogP contribution in [-0.4, -0.2) is 26.2 Å². The van der Waals surface area contributed by atoms with Gasteiger partial charge < -0.3 is 14.2 Å². The summed E-state index contributed by atoms with van der Waals surface area (Å²) in [5, 5.41) is 0. The molecule has 18 heavy (non-hydrogen) atoms. The van der Waals surface area contributed by atoms with E-state index in [0.29, 0.717) is 11.3 Å². The van der Waals surface area contributed by atoms with Crippen molar-refractivity contribution >= 4 is 34.5 Å². The summed E-state index contributed by atoms with van der Waals surface area (Å²) in [5.41, 5.74) is 0.544. The number of esters is 2. The third-order valence-corrected chi connectivity index (χ3v) is 3.02. The van der Waals surface area contributed by atoms with Crippen molar-refractivity contribution in [2.45, 2.75) is 13.0 Å². The van der Waals surface area contributed by atoms with Crippen molar-refractivity contribution in [2.24, 2.45) is 0 Å². The SMILES string of the molecule is COC(=O)C(OC(C)=O)c1ccc(OC)c(I)c1. The molecule has 0 spiro atoms. The van der Waals surface area contributed by atoms with E-state index in [9.17, 15) is 9.59 Å². The molecular weight excluding hydrogens is 351 g/mol. The van der Waals surface area contributed by atoms with Gasteiger partial charge in [-0.15, -0.1) is 0 Å². The smallest absolute Gasteiger partial charge is 0.351 e. The molecule has 0 bridgehead atoms. The number of hydrogen-bond donors (Lipinski definition) is 0. The van der Waals surface area contributed by atoms with Crippen molar-refractivity contribution < 1.29 is 23.8 Å². The normalized spacial score (nSPS) is 11.6. The lowest BCUT2D eigenvalue weighted by molar-refractivity contribution is -0.165. The fourth-order valence-electron chi connectivity index (χ4n) is 1.37. The first-order valence-corrected chi connectivity index (χ1v) is 6.16. The molecule has 0 amide bonds. The number of hydrogen-bond acceptors (Lipinski definition) is 5. The van der Waals surface area contributed by atoms with E-state index in [1.807, 2.05) is 0 Å². The van der Waals surface area contributed by atoms with Crippen LogP contribution in [-0.2, 0) is 19.1 Å². The Hall–Kier alpha value is -1.31. The first-order valence-electron chi connectivity index (χ1n) is 5.08. The molecule has 0 radical (unpaired) electrons. The molecule has 0 aliphatic carbocycles. The van der Waals surface area contributed by atoms with E-state index in [-0.39, 0.29) is 0 Å². The lowest BCUT2D eigenvalue weighted by Gasteiger charge is -2.16. The second kappa shape index (κ2) is 6.58. The number of benzene rings is 1. The predicted octanol–water partition coefficient (Wildman–Crippen LogP) is 2.08. The zero-order valence-electron chi connectivity index (χ0n) is 10.2. The van der Waals surface area contributed by atoms with E-state index in [1.54, 1.807) is 25.3 Å². The first-order chi connectivity index (χ1) is 8.49. The van der Waals surface area contributed by atoms with Gasteiger partial charge in [0.05, 0.1) is 17.8 Å². The van der Waals surface area contributed by atoms with Crippen LogP contribution in [0.25, 0.3) is 0 Å². The molecule has 0 N–H and O–H groups in total. The summed E-state index contributed by atoms with van der Waals surface area (Å²) in [6.45, 7) is 1.24. The Kier molecular flexibility index (Phi) is 5.39. The molecule has 1 atom stereocenters. The zero-order chi connectivity index (χ0) is 13.7. The largest absolute Gasteiger partial charge is 0.496 e. The van der Waals surface area contributed by atoms with Gasteiger partial charge in [0.25, 0.3) is 0 Å². The highest BCUT2D eigenvalue weighted by Gasteiger charge is 2.25. The molecule has 0 aliphatic rings. The van der Waals surface area contributed by atoms with Gasteiger partial charge in [0.1, 0.15) is 5.75 Å². The summed E-state index contributed by atoms with van der Waals surface area (Å²) in [7, 11) is 2.80. The van der Waals surface area contributed by atoms with E-state index in [4.69, 9.17) is 9.47 Å². The van der Waals surface area contributed by atoms with Crippen LogP contribution in [0.4, 0.5) is 0 Å². The maximum Gasteiger partial charge on any atom is 0.351 e. The minimum atomic E-state index is -1.05. The van der Waals surface area contributed by atoms with Crippen LogP contribution in [0, 0.1) is 3.57 Å². The van der Waals surface area contributed by atoms with Gasteiger partial charge in [-0.3, -0.25) is 4.79 Å². The minimum absolute atomic E-state index is 0.544. The van der Waals surface area contributed by atoms with Gasteiger partial charge in [-0.1, -0.05) is 6.07 Å². The average Bonchev–Trinajstić information content (AvgIpc) is 2.34. The monoisotopic (exact) mass is 364 g/mol. The van der Waals surface area contributed by atoms with E-state index >= 15 is 0 Å². The lowest BCUT2D eigenvalue weighted by atomic mass is 10.1. The summed E-state index contributed by atoms with van der Waals surface area (Å²) in [5.74, 6) is -0.479. The zero-order valence-corrected chi connectivity index (χ0v) is 12.4. The van der Waals surface area contributed by atoms with Crippen molar-refractivity contribution in [3.05, 3.63) is 27.3 Å². The van der Waals surface area contributed by atoms with E-state index < -0.39 is 18.0 Å². The average molecular weight is 364 g/mol. The van der Waals surface area contributed by atoms with Gasteiger partial charge in [-0.05, 0) is 34.7 Å². The molecule has 1 aromatic rings. The number of ether oxygens (including phenoxy) is 3.